The van der Waals surface area contributed by atoms with Crippen molar-refractivity contribution in [3.8, 4) is 11.4 Å². The van der Waals surface area contributed by atoms with Crippen LogP contribution in [0.3, 0.4) is 0 Å². The Morgan fingerprint density at radius 3 is 2.56 bits per heavy atom. The second kappa shape index (κ2) is 7.44. The van der Waals surface area contributed by atoms with Crippen LogP contribution >= 0.6 is 0 Å². The zero-order valence-corrected chi connectivity index (χ0v) is 13.9. The molecule has 126 valence electrons. The van der Waals surface area contributed by atoms with Crippen LogP contribution in [-0.4, -0.2) is 35.0 Å². The van der Waals surface area contributed by atoms with Crippen LogP contribution in [-0.2, 0) is 4.74 Å². The van der Waals surface area contributed by atoms with E-state index < -0.39 is 5.97 Å². The number of ether oxygens (including phenoxy) is 2. The van der Waals surface area contributed by atoms with Gasteiger partial charge < -0.3 is 9.47 Å². The summed E-state index contributed by atoms with van der Waals surface area (Å²) in [7, 11) is 2.86. The third-order valence-electron chi connectivity index (χ3n) is 3.69. The standard InChI is InChI=1S/C19H17N3O3/c1-24-16-10-6-7-14(18(16)19(23)25-2)11-12-17-21-20-13-22(17)15-8-4-3-5-9-15/h3-13H,1-2H3/b12-11-. The third kappa shape index (κ3) is 3.42. The van der Waals surface area contributed by atoms with Crippen LogP contribution in [0.25, 0.3) is 17.8 Å². The number of hydrogen-bond acceptors (Lipinski definition) is 5. The molecule has 0 aliphatic rings. The predicted molar refractivity (Wildman–Crippen MR) is 94.6 cm³/mol. The molecular formula is C19H17N3O3. The van der Waals surface area contributed by atoms with E-state index in [1.807, 2.05) is 47.0 Å². The summed E-state index contributed by atoms with van der Waals surface area (Å²) >= 11 is 0. The molecule has 0 saturated carbocycles. The highest BCUT2D eigenvalue weighted by Crippen LogP contribution is 2.25. The molecule has 0 aliphatic heterocycles. The number of benzene rings is 2. The molecule has 0 fully saturated rings. The average molecular weight is 335 g/mol. The smallest absolute Gasteiger partial charge is 0.342 e. The molecule has 0 spiro atoms. The number of esters is 1. The van der Waals surface area contributed by atoms with Crippen LogP contribution in [0, 0.1) is 0 Å². The fourth-order valence-corrected chi connectivity index (χ4v) is 2.49. The van der Waals surface area contributed by atoms with Crippen LogP contribution in [0.4, 0.5) is 0 Å². The van der Waals surface area contributed by atoms with Crippen molar-refractivity contribution in [2.45, 2.75) is 0 Å². The second-order valence-corrected chi connectivity index (χ2v) is 5.14. The summed E-state index contributed by atoms with van der Waals surface area (Å²) in [6, 6.07) is 15.1. The Kier molecular flexibility index (Phi) is 4.89. The lowest BCUT2D eigenvalue weighted by Gasteiger charge is -2.09. The van der Waals surface area contributed by atoms with Gasteiger partial charge in [-0.1, -0.05) is 36.4 Å². The molecule has 0 unspecified atom stereocenters. The summed E-state index contributed by atoms with van der Waals surface area (Å²) in [5, 5.41) is 8.09. The van der Waals surface area contributed by atoms with E-state index in [4.69, 9.17) is 9.47 Å². The van der Waals surface area contributed by atoms with Gasteiger partial charge in [-0.2, -0.15) is 0 Å². The van der Waals surface area contributed by atoms with E-state index in [9.17, 15) is 4.79 Å². The Hall–Kier alpha value is -3.41. The van der Waals surface area contributed by atoms with Gasteiger partial charge >= 0.3 is 5.97 Å². The topological polar surface area (TPSA) is 66.2 Å². The van der Waals surface area contributed by atoms with Gasteiger partial charge in [0, 0.05) is 5.69 Å². The fraction of sp³-hybridized carbons (Fsp3) is 0.105. The van der Waals surface area contributed by atoms with E-state index in [2.05, 4.69) is 10.2 Å². The molecule has 1 heterocycles. The van der Waals surface area contributed by atoms with Gasteiger partial charge in [0.2, 0.25) is 0 Å². The van der Waals surface area contributed by atoms with E-state index in [0.29, 0.717) is 22.7 Å². The van der Waals surface area contributed by atoms with Gasteiger partial charge in [0.15, 0.2) is 5.82 Å². The number of aromatic nitrogens is 3. The van der Waals surface area contributed by atoms with Crippen molar-refractivity contribution in [3.63, 3.8) is 0 Å². The predicted octanol–water partition coefficient (Wildman–Crippen LogP) is 3.23. The third-order valence-corrected chi connectivity index (χ3v) is 3.69. The molecule has 0 N–H and O–H groups in total. The molecule has 6 nitrogen and oxygen atoms in total. The molecule has 3 rings (SSSR count). The summed E-state index contributed by atoms with van der Waals surface area (Å²) in [5.41, 5.74) is 1.99. The fourth-order valence-electron chi connectivity index (χ4n) is 2.49. The second-order valence-electron chi connectivity index (χ2n) is 5.14. The van der Waals surface area contributed by atoms with Crippen LogP contribution < -0.4 is 4.74 Å². The monoisotopic (exact) mass is 335 g/mol. The van der Waals surface area contributed by atoms with Gasteiger partial charge in [0.1, 0.15) is 17.6 Å². The molecule has 0 atom stereocenters. The van der Waals surface area contributed by atoms with Gasteiger partial charge in [0.25, 0.3) is 0 Å². The van der Waals surface area contributed by atoms with Crippen molar-refractivity contribution in [1.29, 1.82) is 0 Å². The minimum atomic E-state index is -0.457. The lowest BCUT2D eigenvalue weighted by atomic mass is 10.1. The molecule has 6 heteroatoms. The van der Waals surface area contributed by atoms with Crippen molar-refractivity contribution >= 4 is 18.1 Å². The van der Waals surface area contributed by atoms with Crippen LogP contribution in [0.15, 0.2) is 54.9 Å². The summed E-state index contributed by atoms with van der Waals surface area (Å²) in [4.78, 5) is 12.1. The SMILES string of the molecule is COC(=O)c1c(/C=C\c2nncn2-c2ccccc2)cccc1OC. The maximum atomic E-state index is 12.1. The first-order valence-corrected chi connectivity index (χ1v) is 7.63. The maximum absolute atomic E-state index is 12.1. The van der Waals surface area contributed by atoms with E-state index in [1.165, 1.54) is 14.2 Å². The van der Waals surface area contributed by atoms with Crippen LogP contribution in [0.5, 0.6) is 5.75 Å². The van der Waals surface area contributed by atoms with Crippen molar-refractivity contribution in [1.82, 2.24) is 14.8 Å². The summed E-state index contributed by atoms with van der Waals surface area (Å²) in [6.45, 7) is 0. The van der Waals surface area contributed by atoms with Gasteiger partial charge in [-0.3, -0.25) is 4.57 Å². The molecule has 0 bridgehead atoms. The van der Waals surface area contributed by atoms with Crippen molar-refractivity contribution in [2.75, 3.05) is 14.2 Å². The maximum Gasteiger partial charge on any atom is 0.342 e. The lowest BCUT2D eigenvalue weighted by Crippen LogP contribution is -2.06. The summed E-state index contributed by atoms with van der Waals surface area (Å²) in [5.74, 6) is 0.644. The number of rotatable bonds is 5. The highest BCUT2D eigenvalue weighted by Gasteiger charge is 2.16. The van der Waals surface area contributed by atoms with Crippen LogP contribution in [0.1, 0.15) is 21.7 Å². The van der Waals surface area contributed by atoms with E-state index >= 15 is 0 Å². The van der Waals surface area contributed by atoms with Gasteiger partial charge in [-0.05, 0) is 29.8 Å². The Bertz CT molecular complexity index is 901. The lowest BCUT2D eigenvalue weighted by molar-refractivity contribution is 0.0597. The Morgan fingerprint density at radius 1 is 1.04 bits per heavy atom. The van der Waals surface area contributed by atoms with Gasteiger partial charge in [-0.25, -0.2) is 4.79 Å². The highest BCUT2D eigenvalue weighted by molar-refractivity contribution is 5.97. The van der Waals surface area contributed by atoms with Crippen molar-refractivity contribution in [3.05, 3.63) is 71.8 Å². The number of para-hydroxylation sites is 1. The molecule has 0 amide bonds. The molecule has 0 aliphatic carbocycles. The van der Waals surface area contributed by atoms with Crippen molar-refractivity contribution in [2.24, 2.45) is 0 Å². The molecule has 25 heavy (non-hydrogen) atoms. The largest absolute Gasteiger partial charge is 0.496 e. The average Bonchev–Trinajstić information content (AvgIpc) is 3.14. The minimum absolute atomic E-state index is 0.370. The zero-order valence-electron chi connectivity index (χ0n) is 13.9. The van der Waals surface area contributed by atoms with E-state index in [1.54, 1.807) is 24.5 Å². The molecule has 0 radical (unpaired) electrons. The van der Waals surface area contributed by atoms with E-state index in [0.717, 1.165) is 5.69 Å². The number of hydrogen-bond donors (Lipinski definition) is 0. The first kappa shape index (κ1) is 16.4. The van der Waals surface area contributed by atoms with Crippen LogP contribution in [0.2, 0.25) is 0 Å². The number of methoxy groups -OCH3 is 2. The summed E-state index contributed by atoms with van der Waals surface area (Å²) in [6.07, 6.45) is 5.22. The van der Waals surface area contributed by atoms with E-state index in [-0.39, 0.29) is 0 Å². The van der Waals surface area contributed by atoms with Crippen molar-refractivity contribution < 1.29 is 14.3 Å². The Balaban J connectivity index is 1.99. The zero-order chi connectivity index (χ0) is 17.6. The first-order valence-electron chi connectivity index (χ1n) is 7.63. The number of carbonyl (C=O) groups is 1. The first-order chi connectivity index (χ1) is 12.2. The molecule has 2 aromatic carbocycles. The highest BCUT2D eigenvalue weighted by atomic mass is 16.5. The van der Waals surface area contributed by atoms with Gasteiger partial charge in [-0.15, -0.1) is 10.2 Å². The number of nitrogens with zero attached hydrogens (tertiary/aromatic N) is 3. The summed E-state index contributed by atoms with van der Waals surface area (Å²) < 4.78 is 12.0. The molecule has 3 aromatic rings. The Morgan fingerprint density at radius 2 is 1.84 bits per heavy atom. The van der Waals surface area contributed by atoms with Gasteiger partial charge in [0.05, 0.1) is 14.2 Å². The molecule has 1 aromatic heterocycles. The minimum Gasteiger partial charge on any atom is -0.496 e. The normalized spacial score (nSPS) is 10.8. The molecular weight excluding hydrogens is 318 g/mol. The Labute approximate surface area is 145 Å². The quantitative estimate of drug-likeness (QED) is 0.670. The number of carbonyl (C=O) groups excluding carboxylic acids is 1. The molecule has 0 saturated heterocycles.